The number of fused-ring (bicyclic) bond motifs is 5. The Kier molecular flexibility index (Phi) is 8.31. The van der Waals surface area contributed by atoms with E-state index >= 15 is 0 Å². The monoisotopic (exact) mass is 737 g/mol. The van der Waals surface area contributed by atoms with Crippen LogP contribution in [-0.2, 0) is 30.8 Å². The van der Waals surface area contributed by atoms with E-state index in [2.05, 4.69) is 15.4 Å². The molecular formula is C37H44FN5O8S. The number of aryl methyl sites for hydroxylation is 1. The second-order valence-corrected chi connectivity index (χ2v) is 18.1. The standard InChI is InChI=1S/C37H44FN5O8S/c1-35(15-16-35)52(49,50)42-33(46)37-18-22(37)7-5-3-2-4-6-8-27(40-34(47)48)32(45)43-20-36(19-28(43)31(44)41-37)14-13-24-25-17-23(38)11-12-26(25)39-29(21-9-10-21)30(24)51-36/h5,7,11-12,17,21-22,27-28,40H,2-4,6,8-10,13-16,18-20H2,1H3,(H,41,44)(H,42,46)(H,47,48)/b7-5-/t22?,27-,28?,36+,37?/m0/s1. The molecule has 4 amide bonds. The van der Waals surface area contributed by atoms with Crippen molar-refractivity contribution in [3.63, 3.8) is 0 Å². The van der Waals surface area contributed by atoms with Gasteiger partial charge in [0.15, 0.2) is 0 Å². The zero-order chi connectivity index (χ0) is 36.6. The maximum atomic E-state index is 14.5. The molecule has 3 saturated carbocycles. The minimum absolute atomic E-state index is 0.0261. The number of hydrogen-bond acceptors (Lipinski definition) is 8. The van der Waals surface area contributed by atoms with Crippen LogP contribution in [0.2, 0.25) is 0 Å². The third-order valence-corrected chi connectivity index (χ3v) is 14.2. The summed E-state index contributed by atoms with van der Waals surface area (Å²) in [4.78, 5) is 60.8. The van der Waals surface area contributed by atoms with Crippen LogP contribution in [0.3, 0.4) is 0 Å². The number of nitrogens with one attached hydrogen (secondary N) is 3. The molecule has 278 valence electrons. The fraction of sp³-hybridized carbons (Fsp3) is 0.595. The van der Waals surface area contributed by atoms with Gasteiger partial charge in [0.25, 0.3) is 5.91 Å². The highest BCUT2D eigenvalue weighted by Gasteiger charge is 2.64. The summed E-state index contributed by atoms with van der Waals surface area (Å²) in [6, 6.07) is 2.22. The number of nitrogens with zero attached hydrogens (tertiary/aromatic N) is 2. The average molecular weight is 738 g/mol. The molecule has 3 unspecified atom stereocenters. The first kappa shape index (κ1) is 34.8. The van der Waals surface area contributed by atoms with E-state index in [0.29, 0.717) is 55.2 Å². The van der Waals surface area contributed by atoms with E-state index in [1.165, 1.54) is 17.0 Å². The summed E-state index contributed by atoms with van der Waals surface area (Å²) in [7, 11) is -4.00. The predicted molar refractivity (Wildman–Crippen MR) is 186 cm³/mol. The van der Waals surface area contributed by atoms with Gasteiger partial charge in [0.2, 0.25) is 21.8 Å². The van der Waals surface area contributed by atoms with Gasteiger partial charge < -0.3 is 25.4 Å². The van der Waals surface area contributed by atoms with Crippen LogP contribution in [0.15, 0.2) is 30.4 Å². The molecule has 5 atom stereocenters. The first-order chi connectivity index (χ1) is 24.7. The van der Waals surface area contributed by atoms with Gasteiger partial charge in [-0.2, -0.15) is 0 Å². The summed E-state index contributed by atoms with van der Waals surface area (Å²) in [6.45, 7) is 1.55. The van der Waals surface area contributed by atoms with Gasteiger partial charge in [-0.1, -0.05) is 25.0 Å². The van der Waals surface area contributed by atoms with E-state index in [1.807, 2.05) is 12.2 Å². The summed E-state index contributed by atoms with van der Waals surface area (Å²) >= 11 is 0. The van der Waals surface area contributed by atoms with Crippen molar-refractivity contribution >= 4 is 44.7 Å². The molecule has 1 saturated heterocycles. The van der Waals surface area contributed by atoms with Crippen LogP contribution in [0.1, 0.15) is 101 Å². The predicted octanol–water partition coefficient (Wildman–Crippen LogP) is 3.95. The molecule has 52 heavy (non-hydrogen) atoms. The van der Waals surface area contributed by atoms with E-state index in [9.17, 15) is 37.1 Å². The van der Waals surface area contributed by atoms with E-state index in [-0.39, 0.29) is 31.7 Å². The Morgan fingerprint density at radius 1 is 1.10 bits per heavy atom. The van der Waals surface area contributed by atoms with Crippen molar-refractivity contribution in [3.05, 3.63) is 47.4 Å². The lowest BCUT2D eigenvalue weighted by atomic mass is 9.86. The van der Waals surface area contributed by atoms with Gasteiger partial charge in [-0.3, -0.25) is 19.1 Å². The number of benzene rings is 1. The minimum atomic E-state index is -4.00. The lowest BCUT2D eigenvalue weighted by molar-refractivity contribution is -0.141. The molecule has 3 aliphatic heterocycles. The van der Waals surface area contributed by atoms with Crippen molar-refractivity contribution in [3.8, 4) is 5.75 Å². The van der Waals surface area contributed by atoms with Crippen molar-refractivity contribution in [2.45, 2.75) is 124 Å². The minimum Gasteiger partial charge on any atom is -0.483 e. The van der Waals surface area contributed by atoms with E-state index < -0.39 is 73.5 Å². The Balaban J connectivity index is 1.15. The number of sulfonamides is 1. The molecule has 1 spiro atoms. The summed E-state index contributed by atoms with van der Waals surface area (Å²) in [6.07, 6.45) is 9.15. The van der Waals surface area contributed by atoms with Crippen molar-refractivity contribution in [2.75, 3.05) is 6.54 Å². The molecule has 4 fully saturated rings. The molecule has 8 rings (SSSR count). The molecule has 1 aromatic carbocycles. The van der Waals surface area contributed by atoms with E-state index in [4.69, 9.17) is 9.72 Å². The molecule has 1 aromatic heterocycles. The largest absolute Gasteiger partial charge is 0.483 e. The molecule has 15 heteroatoms. The van der Waals surface area contributed by atoms with Gasteiger partial charge in [-0.15, -0.1) is 0 Å². The van der Waals surface area contributed by atoms with Crippen LogP contribution in [0.4, 0.5) is 9.18 Å². The third kappa shape index (κ3) is 6.17. The van der Waals surface area contributed by atoms with Gasteiger partial charge in [0.1, 0.15) is 34.8 Å². The molecule has 0 bridgehead atoms. The number of allylic oxidation sites excluding steroid dienone is 1. The van der Waals surface area contributed by atoms with Crippen molar-refractivity contribution in [1.82, 2.24) is 25.2 Å². The summed E-state index contributed by atoms with van der Waals surface area (Å²) in [5.74, 6) is -2.16. The average Bonchev–Trinajstić information content (AvgIpc) is 4.02. The van der Waals surface area contributed by atoms with Gasteiger partial charge in [0.05, 0.1) is 22.5 Å². The Morgan fingerprint density at radius 2 is 1.88 bits per heavy atom. The number of pyridine rings is 1. The lowest BCUT2D eigenvalue weighted by Gasteiger charge is -2.37. The number of carbonyl (C=O) groups is 4. The molecule has 6 aliphatic rings. The smallest absolute Gasteiger partial charge is 0.405 e. The Hall–Kier alpha value is -4.27. The number of hydrogen-bond donors (Lipinski definition) is 4. The molecule has 2 aromatic rings. The quantitative estimate of drug-likeness (QED) is 0.330. The lowest BCUT2D eigenvalue weighted by Crippen LogP contribution is -2.58. The van der Waals surface area contributed by atoms with Crippen LogP contribution in [0, 0.1) is 11.7 Å². The fourth-order valence-electron chi connectivity index (χ4n) is 8.31. The first-order valence-corrected chi connectivity index (χ1v) is 19.9. The van der Waals surface area contributed by atoms with E-state index in [1.54, 1.807) is 13.0 Å². The Labute approximate surface area is 301 Å². The maximum absolute atomic E-state index is 14.5. The van der Waals surface area contributed by atoms with Crippen LogP contribution in [0.25, 0.3) is 10.9 Å². The number of rotatable bonds is 5. The van der Waals surface area contributed by atoms with Crippen LogP contribution in [0.5, 0.6) is 5.75 Å². The normalized spacial score (nSPS) is 31.9. The van der Waals surface area contributed by atoms with Gasteiger partial charge >= 0.3 is 6.09 Å². The maximum Gasteiger partial charge on any atom is 0.405 e. The number of amides is 4. The van der Waals surface area contributed by atoms with Crippen molar-refractivity contribution in [1.29, 1.82) is 0 Å². The summed E-state index contributed by atoms with van der Waals surface area (Å²) < 4.78 is 48.8. The molecular weight excluding hydrogens is 693 g/mol. The number of halogens is 1. The summed E-state index contributed by atoms with van der Waals surface area (Å²) in [5, 5.41) is 15.6. The number of carbonyl (C=O) groups excluding carboxylic acids is 3. The van der Waals surface area contributed by atoms with E-state index in [0.717, 1.165) is 36.9 Å². The number of aromatic nitrogens is 1. The fourth-order valence-corrected chi connectivity index (χ4v) is 9.62. The zero-order valence-electron chi connectivity index (χ0n) is 29.1. The second-order valence-electron chi connectivity index (χ2n) is 15.9. The zero-order valence-corrected chi connectivity index (χ0v) is 29.9. The highest BCUT2D eigenvalue weighted by atomic mass is 32.2. The molecule has 0 radical (unpaired) electrons. The van der Waals surface area contributed by atoms with Gasteiger partial charge in [0, 0.05) is 29.2 Å². The Bertz CT molecular complexity index is 2020. The van der Waals surface area contributed by atoms with Gasteiger partial charge in [-0.25, -0.2) is 22.6 Å². The summed E-state index contributed by atoms with van der Waals surface area (Å²) in [5.41, 5.74) is -0.323. The highest BCUT2D eigenvalue weighted by molar-refractivity contribution is 7.91. The highest BCUT2D eigenvalue weighted by Crippen LogP contribution is 2.52. The van der Waals surface area contributed by atoms with Crippen LogP contribution in [-0.4, -0.2) is 81.7 Å². The molecule has 4 heterocycles. The third-order valence-electron chi connectivity index (χ3n) is 12.1. The SMILES string of the molecule is CC1(S(=O)(=O)NC(=O)C23CC2/C=C\CCCCC[C@H](NC(=O)O)C(=O)N2C[C@@]4(CCc5c(c(C6CC6)nc6ccc(F)cc56)O4)CC2C(=O)N3)CC1. The molecule has 13 nitrogen and oxygen atoms in total. The number of carboxylic acid groups (broad SMARTS) is 1. The van der Waals surface area contributed by atoms with Crippen LogP contribution < -0.4 is 20.1 Å². The van der Waals surface area contributed by atoms with Gasteiger partial charge in [-0.05, 0) is 89.3 Å². The first-order valence-electron chi connectivity index (χ1n) is 18.4. The topological polar surface area (TPSA) is 184 Å². The Morgan fingerprint density at radius 3 is 2.62 bits per heavy atom. The van der Waals surface area contributed by atoms with Crippen molar-refractivity contribution < 1.29 is 41.8 Å². The van der Waals surface area contributed by atoms with Crippen LogP contribution >= 0.6 is 0 Å². The second kappa shape index (κ2) is 12.4. The molecule has 4 N–H and O–H groups in total. The molecule has 3 aliphatic carbocycles. The number of ether oxygens (including phenoxy) is 1. The van der Waals surface area contributed by atoms with Crippen molar-refractivity contribution in [2.24, 2.45) is 5.92 Å².